The number of hydrogen-bond donors (Lipinski definition) is 5. The number of carbonyl (C=O) groups is 5. The van der Waals surface area contributed by atoms with E-state index in [2.05, 4.69) is 121 Å². The van der Waals surface area contributed by atoms with E-state index < -0.39 is 122 Å². The van der Waals surface area contributed by atoms with Crippen LogP contribution in [0.3, 0.4) is 0 Å². The molecule has 0 spiro atoms. The van der Waals surface area contributed by atoms with Crippen LogP contribution in [-0.4, -0.2) is 130 Å². The SMILES string of the molecule is CC(C)(c1cc(F)cc(C(=O)O)n1)c1cccc(-c2[c-]cc(F)nc2F)n1.CC(C)(c1cccc(C(=O)O)n1)c1cc(Cl)cc(-c2[c-]cc(Cl)nc2F)n1.CC(C)(c1cccc(C(=O)O)n1)c1cc(Cl)cc(-c2[c-]cc(F)nc2Cl)n1.CC(C)(c1cccc(C(=O)O)n1)c1cc(F)cc(-c2[c-]cc(F)nc2Br)n1.CC(C)(c1cccc(C(=O)O)n1)c1cc(F)cc(-c2[c-]cc(F)nc2F)n1.[Pt].[Pt].[Pt].[Pt].[Pt]. The Morgan fingerprint density at radius 2 is 0.529 bits per heavy atom. The minimum atomic E-state index is -1.36. The van der Waals surface area contributed by atoms with Gasteiger partial charge in [-0.15, -0.1) is 59.6 Å². The van der Waals surface area contributed by atoms with E-state index in [4.69, 9.17) is 61.7 Å². The number of aromatic nitrogens is 15. The van der Waals surface area contributed by atoms with E-state index in [0.29, 0.717) is 72.4 Å². The molecule has 740 valence electrons. The molecule has 0 saturated carbocycles. The predicted molar refractivity (Wildman–Crippen MR) is 475 cm³/mol. The van der Waals surface area contributed by atoms with Gasteiger partial charge in [0, 0.05) is 192 Å². The van der Waals surface area contributed by atoms with Gasteiger partial charge in [0.05, 0.1) is 28.5 Å². The Kier molecular flexibility index (Phi) is 41.7. The van der Waals surface area contributed by atoms with Gasteiger partial charge in [-0.2, -0.15) is 0 Å². The maximum Gasteiger partial charge on any atom is 0.354 e. The van der Waals surface area contributed by atoms with Crippen molar-refractivity contribution in [3.05, 3.63) is 382 Å². The fraction of sp³-hybridized carbons (Fsp3) is 0.158. The molecule has 15 rings (SSSR count). The molecule has 25 nitrogen and oxygen atoms in total. The third kappa shape index (κ3) is 28.9. The largest absolute Gasteiger partial charge is 0.477 e. The maximum absolute atomic E-state index is 14.3. The molecule has 0 amide bonds. The first-order valence-corrected chi connectivity index (χ1v) is 41.4. The van der Waals surface area contributed by atoms with E-state index >= 15 is 0 Å². The Morgan fingerprint density at radius 1 is 0.271 bits per heavy atom. The van der Waals surface area contributed by atoms with Crippen molar-refractivity contribution >= 4 is 92.2 Å². The molecular weight excluding hydrogens is 2900 g/mol. The zero-order valence-electron chi connectivity index (χ0n) is 73.1. The predicted octanol–water partition coefficient (Wildman–Crippen LogP) is 21.6. The molecule has 0 aliphatic carbocycles. The summed E-state index contributed by atoms with van der Waals surface area (Å²) in [4.78, 5) is 116. The third-order valence-electron chi connectivity index (χ3n) is 20.2. The van der Waals surface area contributed by atoms with Crippen molar-refractivity contribution in [2.45, 2.75) is 96.3 Å². The van der Waals surface area contributed by atoms with Crippen LogP contribution in [0.5, 0.6) is 0 Å². The summed E-state index contributed by atoms with van der Waals surface area (Å²) >= 11 is 27.3. The molecule has 15 aromatic heterocycles. The molecule has 0 fully saturated rings. The van der Waals surface area contributed by atoms with Gasteiger partial charge in [0.25, 0.3) is 0 Å². The average Bonchev–Trinajstić information content (AvgIpc) is 0.793. The Labute approximate surface area is 891 Å². The van der Waals surface area contributed by atoms with E-state index in [1.807, 2.05) is 27.7 Å². The van der Waals surface area contributed by atoms with Crippen LogP contribution >= 0.6 is 62.3 Å². The van der Waals surface area contributed by atoms with Crippen LogP contribution in [0.4, 0.5) is 43.9 Å². The minimum Gasteiger partial charge on any atom is -0.477 e. The summed E-state index contributed by atoms with van der Waals surface area (Å²) in [5.74, 6) is -14.5. The van der Waals surface area contributed by atoms with E-state index in [-0.39, 0.29) is 194 Å². The number of halogens is 15. The van der Waals surface area contributed by atoms with Crippen molar-refractivity contribution in [2.75, 3.05) is 0 Å². The normalized spacial score (nSPS) is 11.0. The zero-order chi connectivity index (χ0) is 98.8. The molecule has 5 N–H and O–H groups in total. The smallest absolute Gasteiger partial charge is 0.354 e. The van der Waals surface area contributed by atoms with Gasteiger partial charge in [-0.05, 0) is 195 Å². The topological polar surface area (TPSA) is 380 Å². The quantitative estimate of drug-likeness (QED) is 0.0269. The van der Waals surface area contributed by atoms with Gasteiger partial charge in [0.15, 0.2) is 5.69 Å². The van der Waals surface area contributed by atoms with Gasteiger partial charge in [-0.1, -0.05) is 140 Å². The first kappa shape index (κ1) is 118. The minimum absolute atomic E-state index is 0. The monoisotopic (exact) mass is 2960 g/mol. The Morgan fingerprint density at radius 3 is 0.871 bits per heavy atom. The van der Waals surface area contributed by atoms with Crippen molar-refractivity contribution in [1.82, 2.24) is 74.8 Å². The van der Waals surface area contributed by atoms with Crippen LogP contribution in [0.15, 0.2) is 187 Å². The zero-order valence-corrected chi connectivity index (χ0v) is 89.0. The van der Waals surface area contributed by atoms with Crippen molar-refractivity contribution in [3.63, 3.8) is 0 Å². The van der Waals surface area contributed by atoms with Crippen LogP contribution in [0, 0.1) is 89.4 Å². The number of rotatable bonds is 20. The standard InChI is InChI=1S/C19H13BrF2N3O2.2C19H13Cl2FN3O2.2C19H13F3N3O2.5Pt/c1-19(2,14-5-3-4-12(23-14)18(26)27)15-9-10(21)8-13(24-15)11-6-7-16(22)25-17(11)20;1-19(2,14-5-3-4-12(23-14)18(26)27)15-9-10(20)8-13(24-15)11-6-7-16(22)25-17(11)21;2*1-19(2,14-5-3-4-12(23-14)18(26)27)15-9-10(20)8-13(24-15)11-6-7-16(21)25-17(11)22;1-19(2,15-9-10(20)8-13(24-15)18(26)27)14-5-3-4-12(23-14)11-6-7-16(21)25-17(11)22;;;;;/h5*3-5,7-9H,1-2H3,(H,26,27);;;;;/q5*-1;;;;;. The summed E-state index contributed by atoms with van der Waals surface area (Å²) in [6.45, 7) is 17.6. The molecule has 0 radical (unpaired) electrons. The van der Waals surface area contributed by atoms with Gasteiger partial charge >= 0.3 is 29.8 Å². The van der Waals surface area contributed by atoms with Gasteiger partial charge < -0.3 is 60.4 Å². The number of aromatic carboxylic acids is 5. The first-order chi connectivity index (χ1) is 63.4. The molecule has 0 saturated heterocycles. The van der Waals surface area contributed by atoms with Crippen LogP contribution in [-0.2, 0) is 132 Å². The van der Waals surface area contributed by atoms with Crippen LogP contribution in [0.25, 0.3) is 56.3 Å². The molecule has 0 bridgehead atoms. The van der Waals surface area contributed by atoms with Crippen LogP contribution < -0.4 is 0 Å². The molecule has 15 heterocycles. The fourth-order valence-electron chi connectivity index (χ4n) is 12.7. The summed E-state index contributed by atoms with van der Waals surface area (Å²) < 4.78 is 137. The van der Waals surface area contributed by atoms with E-state index in [9.17, 15) is 78.1 Å². The first-order valence-electron chi connectivity index (χ1n) is 39.1. The molecule has 0 atom stereocenters. The molecule has 0 unspecified atom stereocenters. The fourth-order valence-corrected chi connectivity index (χ4v) is 13.9. The number of carboxylic acids is 5. The average molecular weight is 2960 g/mol. The summed E-state index contributed by atoms with van der Waals surface area (Å²) in [5.41, 5.74) is -0.341. The number of hydrogen-bond acceptors (Lipinski definition) is 20. The number of nitrogens with zero attached hydrogens (tertiary/aromatic N) is 15. The van der Waals surface area contributed by atoms with Gasteiger partial charge in [-0.3, -0.25) is 15.0 Å². The molecule has 0 aliphatic heterocycles. The van der Waals surface area contributed by atoms with Crippen LogP contribution in [0.2, 0.25) is 20.4 Å². The van der Waals surface area contributed by atoms with Gasteiger partial charge in [-0.25, -0.2) is 92.8 Å². The van der Waals surface area contributed by atoms with Crippen molar-refractivity contribution in [3.8, 4) is 56.3 Å². The van der Waals surface area contributed by atoms with Crippen molar-refractivity contribution < 1.29 is 199 Å². The molecule has 0 aliphatic rings. The van der Waals surface area contributed by atoms with Gasteiger partial charge in [0.2, 0.25) is 0 Å². The van der Waals surface area contributed by atoms with Gasteiger partial charge in [0.1, 0.15) is 81.9 Å². The Hall–Kier alpha value is -11.0. The van der Waals surface area contributed by atoms with Crippen LogP contribution in [0.1, 0.15) is 179 Å². The number of pyridine rings is 15. The maximum atomic E-state index is 14.3. The number of carboxylic acid groups (broad SMARTS) is 5. The molecular formula is C95H65BrCl4F10N15O10Pt5-5. The van der Waals surface area contributed by atoms with E-state index in [1.54, 1.807) is 114 Å². The molecule has 140 heavy (non-hydrogen) atoms. The summed E-state index contributed by atoms with van der Waals surface area (Å²) in [6.07, 6.45) is 0. The van der Waals surface area contributed by atoms with Crippen molar-refractivity contribution in [1.29, 1.82) is 0 Å². The Bertz CT molecular complexity index is 6500. The second-order valence-corrected chi connectivity index (χ2v) is 33.8. The van der Waals surface area contributed by atoms with E-state index in [0.717, 1.165) is 48.5 Å². The second-order valence-electron chi connectivity index (χ2n) is 31.4. The molecule has 15 aromatic rings. The second kappa shape index (κ2) is 49.6. The molecule has 45 heteroatoms. The summed E-state index contributed by atoms with van der Waals surface area (Å²) in [6, 6.07) is 54.1. The third-order valence-corrected chi connectivity index (χ3v) is 21.7. The summed E-state index contributed by atoms with van der Waals surface area (Å²) in [5, 5.41) is 46.3. The van der Waals surface area contributed by atoms with E-state index in [1.165, 1.54) is 60.7 Å². The Balaban J connectivity index is 0.000000266. The summed E-state index contributed by atoms with van der Waals surface area (Å²) in [7, 11) is 0. The van der Waals surface area contributed by atoms with Crippen molar-refractivity contribution in [2.24, 2.45) is 0 Å². The molecule has 0 aromatic carbocycles.